The fraction of sp³-hybridized carbons (Fsp3) is 0. The third kappa shape index (κ3) is 4.34. The Hall–Kier alpha value is -6.75. The summed E-state index contributed by atoms with van der Waals surface area (Å²) in [7, 11) is 0. The van der Waals surface area contributed by atoms with Gasteiger partial charge in [0.1, 0.15) is 0 Å². The summed E-state index contributed by atoms with van der Waals surface area (Å²) < 4.78 is 7.27. The Kier molecular flexibility index (Phi) is 6.38. The first kappa shape index (κ1) is 29.2. The molecule has 0 unspecified atom stereocenters. The standard InChI is InChI=1S/C45H22N4S2/c1-46-29-15-11-26(12-16-29)27-13-21-41-35(23-27)32-18-19-33-36-24-28(14-22-42(36)51-45(33)44(32)50-41)43-37(48-3)8-6-10-40(43)49-38-9-5-4-7-31(38)34-25-30(47-2)17-20-39(34)49/h4-25H. The summed E-state index contributed by atoms with van der Waals surface area (Å²) in [6.07, 6.45) is 0. The number of para-hydroxylation sites is 1. The van der Waals surface area contributed by atoms with Crippen LogP contribution in [0.3, 0.4) is 0 Å². The molecule has 0 aliphatic heterocycles. The van der Waals surface area contributed by atoms with Crippen LogP contribution in [0.25, 0.3) is 105 Å². The lowest BCUT2D eigenvalue weighted by Crippen LogP contribution is -1.97. The molecule has 0 N–H and O–H groups in total. The molecule has 0 fully saturated rings. The molecule has 6 heteroatoms. The topological polar surface area (TPSA) is 18.0 Å². The van der Waals surface area contributed by atoms with Crippen LogP contribution in [0.2, 0.25) is 0 Å². The van der Waals surface area contributed by atoms with E-state index in [1.54, 1.807) is 0 Å². The number of fused-ring (bicyclic) bond motifs is 10. The predicted octanol–water partition coefficient (Wildman–Crippen LogP) is 14.5. The molecule has 0 bridgehead atoms. The van der Waals surface area contributed by atoms with Crippen LogP contribution in [0, 0.1) is 19.7 Å². The molecule has 0 atom stereocenters. The van der Waals surface area contributed by atoms with Gasteiger partial charge in [-0.05, 0) is 70.6 Å². The highest BCUT2D eigenvalue weighted by molar-refractivity contribution is 7.33. The van der Waals surface area contributed by atoms with Gasteiger partial charge in [0.25, 0.3) is 0 Å². The van der Waals surface area contributed by atoms with E-state index in [0.717, 1.165) is 49.7 Å². The van der Waals surface area contributed by atoms with E-state index < -0.39 is 0 Å². The molecule has 0 aliphatic carbocycles. The van der Waals surface area contributed by atoms with E-state index in [-0.39, 0.29) is 0 Å². The van der Waals surface area contributed by atoms with Gasteiger partial charge < -0.3 is 4.57 Å². The number of aromatic nitrogens is 1. The van der Waals surface area contributed by atoms with Gasteiger partial charge in [-0.1, -0.05) is 84.9 Å². The molecule has 3 heterocycles. The highest BCUT2D eigenvalue weighted by Gasteiger charge is 2.20. The van der Waals surface area contributed by atoms with Gasteiger partial charge in [0.2, 0.25) is 0 Å². The van der Waals surface area contributed by atoms with Crippen LogP contribution in [0.15, 0.2) is 133 Å². The summed E-state index contributed by atoms with van der Waals surface area (Å²) >= 11 is 3.66. The van der Waals surface area contributed by atoms with Crippen LogP contribution in [0.1, 0.15) is 0 Å². The van der Waals surface area contributed by atoms with Crippen LogP contribution in [-0.2, 0) is 0 Å². The zero-order chi connectivity index (χ0) is 34.2. The van der Waals surface area contributed by atoms with Crippen molar-refractivity contribution in [1.29, 1.82) is 0 Å². The smallest absolute Gasteiger partial charge is 0.196 e. The summed E-state index contributed by atoms with van der Waals surface area (Å²) in [6.45, 7) is 23.1. The minimum atomic E-state index is 0.599. The van der Waals surface area contributed by atoms with Crippen molar-refractivity contribution < 1.29 is 0 Å². The molecular weight excluding hydrogens is 661 g/mol. The van der Waals surface area contributed by atoms with Crippen LogP contribution < -0.4 is 0 Å². The summed E-state index contributed by atoms with van der Waals surface area (Å²) in [5.74, 6) is 0. The van der Waals surface area contributed by atoms with Crippen molar-refractivity contribution in [2.75, 3.05) is 0 Å². The quantitative estimate of drug-likeness (QED) is 0.165. The lowest BCUT2D eigenvalue weighted by Gasteiger charge is -2.16. The molecule has 234 valence electrons. The van der Waals surface area contributed by atoms with Crippen molar-refractivity contribution in [1.82, 2.24) is 4.57 Å². The first-order valence-corrected chi connectivity index (χ1v) is 18.0. The Morgan fingerprint density at radius 1 is 0.431 bits per heavy atom. The second kappa shape index (κ2) is 11.1. The Labute approximate surface area is 300 Å². The molecule has 0 saturated heterocycles. The molecular formula is C45H22N4S2. The maximum Gasteiger partial charge on any atom is 0.196 e. The van der Waals surface area contributed by atoms with Crippen LogP contribution in [-0.4, -0.2) is 4.57 Å². The number of hydrogen-bond donors (Lipinski definition) is 0. The Morgan fingerprint density at radius 3 is 1.76 bits per heavy atom. The van der Waals surface area contributed by atoms with Gasteiger partial charge >= 0.3 is 0 Å². The molecule has 3 aromatic heterocycles. The summed E-state index contributed by atoms with van der Waals surface area (Å²) in [5.41, 5.74) is 8.97. The van der Waals surface area contributed by atoms with Crippen LogP contribution >= 0.6 is 22.7 Å². The second-order valence-corrected chi connectivity index (χ2v) is 14.7. The fourth-order valence-electron chi connectivity index (χ4n) is 7.53. The van der Waals surface area contributed by atoms with Crippen LogP contribution in [0.4, 0.5) is 17.1 Å². The Balaban J connectivity index is 1.17. The molecule has 7 aromatic carbocycles. The van der Waals surface area contributed by atoms with E-state index in [4.69, 9.17) is 19.7 Å². The van der Waals surface area contributed by atoms with Gasteiger partial charge in [-0.2, -0.15) is 0 Å². The van der Waals surface area contributed by atoms with Crippen molar-refractivity contribution >= 4 is 102 Å². The number of hydrogen-bond acceptors (Lipinski definition) is 2. The van der Waals surface area contributed by atoms with Gasteiger partial charge in [-0.3, -0.25) is 0 Å². The number of thiophene rings is 2. The second-order valence-electron chi connectivity index (χ2n) is 12.6. The number of benzene rings is 7. The van der Waals surface area contributed by atoms with E-state index in [9.17, 15) is 0 Å². The largest absolute Gasteiger partial charge is 0.310 e. The first-order chi connectivity index (χ1) is 25.1. The van der Waals surface area contributed by atoms with Gasteiger partial charge in [0.15, 0.2) is 17.1 Å². The fourth-order valence-corrected chi connectivity index (χ4v) is 10.0. The molecule has 51 heavy (non-hydrogen) atoms. The van der Waals surface area contributed by atoms with Crippen molar-refractivity contribution in [2.45, 2.75) is 0 Å². The lowest BCUT2D eigenvalue weighted by molar-refractivity contribution is 1.18. The molecule has 10 aromatic rings. The van der Waals surface area contributed by atoms with E-state index in [1.165, 1.54) is 40.3 Å². The zero-order valence-corrected chi connectivity index (χ0v) is 28.4. The van der Waals surface area contributed by atoms with Gasteiger partial charge in [-0.25, -0.2) is 14.5 Å². The molecule has 0 spiro atoms. The molecule has 0 saturated carbocycles. The predicted molar refractivity (Wildman–Crippen MR) is 216 cm³/mol. The Bertz CT molecular complexity index is 3230. The van der Waals surface area contributed by atoms with Gasteiger partial charge in [0.05, 0.1) is 40.1 Å². The molecule has 4 nitrogen and oxygen atoms in total. The first-order valence-electron chi connectivity index (χ1n) is 16.3. The highest BCUT2D eigenvalue weighted by atomic mass is 32.1. The maximum atomic E-state index is 8.20. The summed E-state index contributed by atoms with van der Waals surface area (Å²) in [5, 5.41) is 7.00. The average Bonchev–Trinajstić information content (AvgIpc) is 3.86. The monoisotopic (exact) mass is 682 g/mol. The maximum absolute atomic E-state index is 8.20. The van der Waals surface area contributed by atoms with Crippen molar-refractivity contribution in [3.8, 4) is 27.9 Å². The molecule has 0 amide bonds. The normalized spacial score (nSPS) is 11.5. The van der Waals surface area contributed by atoms with Crippen LogP contribution in [0.5, 0.6) is 0 Å². The minimum Gasteiger partial charge on any atom is -0.310 e. The van der Waals surface area contributed by atoms with E-state index >= 15 is 0 Å². The number of nitrogens with zero attached hydrogens (tertiary/aromatic N) is 4. The third-order valence-electron chi connectivity index (χ3n) is 9.86. The van der Waals surface area contributed by atoms with E-state index in [1.807, 2.05) is 89.4 Å². The zero-order valence-electron chi connectivity index (χ0n) is 26.8. The van der Waals surface area contributed by atoms with Crippen molar-refractivity contribution in [3.05, 3.63) is 168 Å². The Morgan fingerprint density at radius 2 is 1.06 bits per heavy atom. The van der Waals surface area contributed by atoms with E-state index in [0.29, 0.717) is 17.1 Å². The summed E-state index contributed by atoms with van der Waals surface area (Å²) in [6, 6.07) is 45.7. The molecule has 0 aliphatic rings. The SMILES string of the molecule is [C-]#[N+]c1ccc(-c2ccc3sc4c(ccc5c6cc(-c7c([N+]#[C-])cccc7-n7c8ccccc8c8cc([N+]#[C-])ccc87)ccc6sc54)c3c2)cc1. The van der Waals surface area contributed by atoms with Gasteiger partial charge in [-0.15, -0.1) is 22.7 Å². The van der Waals surface area contributed by atoms with E-state index in [2.05, 4.69) is 85.8 Å². The highest BCUT2D eigenvalue weighted by Crippen LogP contribution is 2.47. The van der Waals surface area contributed by atoms with Crippen molar-refractivity contribution in [3.63, 3.8) is 0 Å². The summed E-state index contributed by atoms with van der Waals surface area (Å²) in [4.78, 5) is 11.3. The number of rotatable bonds is 3. The lowest BCUT2D eigenvalue weighted by atomic mass is 9.98. The molecule has 0 radical (unpaired) electrons. The minimum absolute atomic E-state index is 0.599. The molecule has 10 rings (SSSR count). The third-order valence-corrected chi connectivity index (χ3v) is 12.4. The average molecular weight is 683 g/mol. The van der Waals surface area contributed by atoms with Crippen molar-refractivity contribution in [2.24, 2.45) is 0 Å². The van der Waals surface area contributed by atoms with Gasteiger partial charge in [0, 0.05) is 47.6 Å².